The minimum atomic E-state index is 0.000825. The van der Waals surface area contributed by atoms with Crippen LogP contribution in [0.2, 0.25) is 0 Å². The monoisotopic (exact) mass is 621 g/mol. The molecule has 2 aliphatic carbocycles. The molecule has 2 unspecified atom stereocenters. The van der Waals surface area contributed by atoms with Crippen LogP contribution in [0.15, 0.2) is 139 Å². The van der Waals surface area contributed by atoms with E-state index in [0.717, 1.165) is 39.2 Å². The molecule has 0 bridgehead atoms. The van der Waals surface area contributed by atoms with Gasteiger partial charge in [0.15, 0.2) is 5.82 Å². The lowest BCUT2D eigenvalue weighted by Gasteiger charge is -2.33. The zero-order chi connectivity index (χ0) is 31.3. The summed E-state index contributed by atoms with van der Waals surface area (Å²) in [6.07, 6.45) is 4.88. The summed E-state index contributed by atoms with van der Waals surface area (Å²) in [7, 11) is 0. The molecular formula is C43H31N3S. The Morgan fingerprint density at radius 2 is 1.45 bits per heavy atom. The summed E-state index contributed by atoms with van der Waals surface area (Å²) in [5.41, 5.74) is 13.5. The molecule has 0 radical (unpaired) electrons. The third-order valence-electron chi connectivity index (χ3n) is 10.4. The molecule has 10 rings (SSSR count). The molecule has 0 fully saturated rings. The zero-order valence-electron chi connectivity index (χ0n) is 26.2. The van der Waals surface area contributed by atoms with E-state index in [9.17, 15) is 0 Å². The first-order chi connectivity index (χ1) is 23.1. The highest BCUT2D eigenvalue weighted by Gasteiger charge is 2.50. The van der Waals surface area contributed by atoms with Crippen LogP contribution in [0, 0.1) is 5.92 Å². The van der Waals surface area contributed by atoms with Crippen molar-refractivity contribution in [3.63, 3.8) is 0 Å². The summed E-state index contributed by atoms with van der Waals surface area (Å²) in [6, 6.07) is 45.5. The number of allylic oxidation sites excluding steroid dienone is 2. The van der Waals surface area contributed by atoms with Gasteiger partial charge in [0.2, 0.25) is 0 Å². The molecule has 1 aliphatic heterocycles. The molecule has 0 N–H and O–H groups in total. The van der Waals surface area contributed by atoms with Crippen LogP contribution in [0.25, 0.3) is 61.1 Å². The first-order valence-electron chi connectivity index (χ1n) is 16.3. The van der Waals surface area contributed by atoms with Crippen LogP contribution in [0.5, 0.6) is 0 Å². The summed E-state index contributed by atoms with van der Waals surface area (Å²) in [4.78, 5) is 11.8. The lowest BCUT2D eigenvalue weighted by molar-refractivity contribution is 0.551. The Balaban J connectivity index is 1.15. The quantitative estimate of drug-likeness (QED) is 0.197. The van der Waals surface area contributed by atoms with Gasteiger partial charge in [0.1, 0.15) is 0 Å². The third kappa shape index (κ3) is 3.82. The maximum absolute atomic E-state index is 5.20. The predicted octanol–water partition coefficient (Wildman–Crippen LogP) is 11.0. The molecule has 0 saturated heterocycles. The number of fused-ring (bicyclic) bond motifs is 9. The molecule has 7 aromatic rings. The van der Waals surface area contributed by atoms with Crippen molar-refractivity contribution in [1.82, 2.24) is 14.5 Å². The number of rotatable bonds is 3. The Hall–Kier alpha value is -5.19. The number of para-hydroxylation sites is 2. The second kappa shape index (κ2) is 9.90. The number of hydrogen-bond donors (Lipinski definition) is 0. The smallest absolute Gasteiger partial charge is 0.160 e. The predicted molar refractivity (Wildman–Crippen MR) is 196 cm³/mol. The second-order valence-corrected chi connectivity index (χ2v) is 14.5. The van der Waals surface area contributed by atoms with E-state index in [0.29, 0.717) is 11.2 Å². The third-order valence-corrected chi connectivity index (χ3v) is 11.8. The summed E-state index contributed by atoms with van der Waals surface area (Å²) in [6.45, 7) is 4.82. The van der Waals surface area contributed by atoms with Gasteiger partial charge in [0, 0.05) is 55.1 Å². The van der Waals surface area contributed by atoms with Crippen molar-refractivity contribution in [2.24, 2.45) is 5.92 Å². The lowest BCUT2D eigenvalue weighted by Crippen LogP contribution is -2.25. The fourth-order valence-corrected chi connectivity index (χ4v) is 10.1. The topological polar surface area (TPSA) is 30.7 Å². The molecule has 3 heterocycles. The molecule has 4 heteroatoms. The van der Waals surface area contributed by atoms with Crippen molar-refractivity contribution in [3.8, 4) is 28.3 Å². The van der Waals surface area contributed by atoms with Gasteiger partial charge in [0.25, 0.3) is 0 Å². The minimum Gasteiger partial charge on any atom is -0.312 e. The average Bonchev–Trinajstić information content (AvgIpc) is 3.75. The largest absolute Gasteiger partial charge is 0.312 e. The van der Waals surface area contributed by atoms with Crippen LogP contribution in [-0.4, -0.2) is 14.5 Å². The van der Waals surface area contributed by atoms with Gasteiger partial charge in [-0.2, -0.15) is 0 Å². The first-order valence-corrected chi connectivity index (χ1v) is 17.2. The van der Waals surface area contributed by atoms with E-state index in [2.05, 4.69) is 164 Å². The summed E-state index contributed by atoms with van der Waals surface area (Å²) >= 11 is 2.06. The van der Waals surface area contributed by atoms with E-state index >= 15 is 0 Å². The first kappa shape index (κ1) is 27.0. The van der Waals surface area contributed by atoms with Crippen molar-refractivity contribution in [1.29, 1.82) is 0 Å². The standard InChI is InChI=1S/C43H31N3S/c1-43(2)34-20-9-6-18-31(34)40-37(43)33-24-23-30-29-17-8-11-22-36(29)46(39(30)41(33)47-40)28-16-12-15-27(25-28)42-44-35-21-10-7-19-32(35)38(45-42)26-13-4-3-5-14-26/h3-25,33,41H,1-2H3. The Bertz CT molecular complexity index is 2480. The maximum Gasteiger partial charge on any atom is 0.160 e. The van der Waals surface area contributed by atoms with Crippen LogP contribution in [0.4, 0.5) is 0 Å². The summed E-state index contributed by atoms with van der Waals surface area (Å²) < 4.78 is 2.52. The summed E-state index contributed by atoms with van der Waals surface area (Å²) in [5.74, 6) is 1.08. The number of benzene rings is 5. The van der Waals surface area contributed by atoms with E-state index in [4.69, 9.17) is 9.97 Å². The van der Waals surface area contributed by atoms with Crippen molar-refractivity contribution >= 4 is 44.5 Å². The van der Waals surface area contributed by atoms with Crippen molar-refractivity contribution in [2.45, 2.75) is 24.5 Å². The van der Waals surface area contributed by atoms with Gasteiger partial charge in [0.05, 0.1) is 22.0 Å². The van der Waals surface area contributed by atoms with Crippen molar-refractivity contribution in [2.75, 3.05) is 0 Å². The highest BCUT2D eigenvalue weighted by molar-refractivity contribution is 8.08. The number of nitrogens with zero attached hydrogens (tertiary/aromatic N) is 3. The molecule has 0 saturated carbocycles. The Morgan fingerprint density at radius 1 is 0.702 bits per heavy atom. The Morgan fingerprint density at radius 3 is 2.34 bits per heavy atom. The molecule has 0 spiro atoms. The summed E-state index contributed by atoms with van der Waals surface area (Å²) in [5, 5.41) is 2.65. The van der Waals surface area contributed by atoms with E-state index in [1.54, 1.807) is 5.57 Å². The highest BCUT2D eigenvalue weighted by Crippen LogP contribution is 2.67. The van der Waals surface area contributed by atoms with Gasteiger partial charge in [-0.3, -0.25) is 0 Å². The van der Waals surface area contributed by atoms with Crippen LogP contribution in [-0.2, 0) is 5.41 Å². The molecule has 2 aromatic heterocycles. The van der Waals surface area contributed by atoms with Gasteiger partial charge < -0.3 is 4.57 Å². The molecule has 0 amide bonds. The van der Waals surface area contributed by atoms with Crippen molar-refractivity contribution < 1.29 is 0 Å². The maximum atomic E-state index is 5.20. The van der Waals surface area contributed by atoms with Crippen LogP contribution in [0.1, 0.15) is 41.5 Å². The molecule has 2 atom stereocenters. The Labute approximate surface area is 278 Å². The molecular weight excluding hydrogens is 591 g/mol. The van der Waals surface area contributed by atoms with Gasteiger partial charge in [-0.15, -0.1) is 11.8 Å². The molecule has 224 valence electrons. The van der Waals surface area contributed by atoms with Gasteiger partial charge >= 0.3 is 0 Å². The average molecular weight is 622 g/mol. The normalized spacial score (nSPS) is 18.8. The van der Waals surface area contributed by atoms with E-state index in [1.165, 1.54) is 38.2 Å². The molecule has 3 nitrogen and oxygen atoms in total. The van der Waals surface area contributed by atoms with Crippen molar-refractivity contribution in [3.05, 3.63) is 161 Å². The highest BCUT2D eigenvalue weighted by atomic mass is 32.2. The minimum absolute atomic E-state index is 0.000825. The molecule has 3 aliphatic rings. The van der Waals surface area contributed by atoms with Crippen LogP contribution < -0.4 is 0 Å². The van der Waals surface area contributed by atoms with Gasteiger partial charge in [-0.1, -0.05) is 129 Å². The number of thioether (sulfide) groups is 1. The number of hydrogen-bond acceptors (Lipinski definition) is 3. The Kier molecular flexibility index (Phi) is 5.68. The van der Waals surface area contributed by atoms with E-state index in [-0.39, 0.29) is 5.41 Å². The van der Waals surface area contributed by atoms with Crippen LogP contribution in [0.3, 0.4) is 0 Å². The fourth-order valence-electron chi connectivity index (χ4n) is 8.29. The van der Waals surface area contributed by atoms with E-state index < -0.39 is 0 Å². The second-order valence-electron chi connectivity index (χ2n) is 13.3. The molecule has 47 heavy (non-hydrogen) atoms. The van der Waals surface area contributed by atoms with Gasteiger partial charge in [-0.25, -0.2) is 9.97 Å². The number of aromatic nitrogens is 3. The SMILES string of the molecule is CC1(C)C2=C(SC3c4c(c5ccccc5n4-c4cccc(-c5nc(-c6ccccc6)c6ccccc6n5)c4)C=CC23)c2ccccc21. The van der Waals surface area contributed by atoms with E-state index in [1.807, 2.05) is 6.07 Å². The van der Waals surface area contributed by atoms with Crippen LogP contribution >= 0.6 is 11.8 Å². The fraction of sp³-hybridized carbons (Fsp3) is 0.116. The van der Waals surface area contributed by atoms with Gasteiger partial charge in [-0.05, 0) is 41.0 Å². The lowest BCUT2D eigenvalue weighted by atomic mass is 9.73. The zero-order valence-corrected chi connectivity index (χ0v) is 27.0. The molecule has 5 aromatic carbocycles.